The van der Waals surface area contributed by atoms with E-state index in [2.05, 4.69) is 4.58 Å². The van der Waals surface area contributed by atoms with Crippen molar-refractivity contribution >= 4 is 33.8 Å². The fourth-order valence-electron chi connectivity index (χ4n) is 1.07. The third kappa shape index (κ3) is 2.29. The van der Waals surface area contributed by atoms with Gasteiger partial charge in [-0.3, -0.25) is 0 Å². The summed E-state index contributed by atoms with van der Waals surface area (Å²) in [5, 5.41) is 0. The van der Waals surface area contributed by atoms with Gasteiger partial charge >= 0.3 is 71.9 Å². The second-order valence-corrected chi connectivity index (χ2v) is 12.3. The van der Waals surface area contributed by atoms with E-state index in [4.69, 9.17) is 4.74 Å². The average Bonchev–Trinajstić information content (AvgIpc) is 1.90. The molecule has 0 aliphatic carbocycles. The van der Waals surface area contributed by atoms with Gasteiger partial charge in [-0.15, -0.1) is 0 Å². The normalized spacial score (nSPS) is 37.0. The second-order valence-electron chi connectivity index (χ2n) is 2.64. The zero-order valence-electron chi connectivity index (χ0n) is 6.14. The van der Waals surface area contributed by atoms with Crippen LogP contribution in [0, 0.1) is 0 Å². The van der Waals surface area contributed by atoms with Crippen LogP contribution >= 0.6 is 0 Å². The number of ether oxygens (including phenoxy) is 1. The van der Waals surface area contributed by atoms with E-state index in [1.165, 1.54) is 29.5 Å². The number of hydrogen-bond donors (Lipinski definition) is 0. The van der Waals surface area contributed by atoms with Crippen molar-refractivity contribution in [1.29, 1.82) is 0 Å². The molecule has 0 aromatic heterocycles. The monoisotopic (exact) mass is 339 g/mol. The zero-order chi connectivity index (χ0) is 6.74. The summed E-state index contributed by atoms with van der Waals surface area (Å²) in [5.74, 6) is 0. The van der Waals surface area contributed by atoms with Crippen LogP contribution in [-0.2, 0) is 4.74 Å². The van der Waals surface area contributed by atoms with Crippen molar-refractivity contribution in [2.75, 3.05) is 6.61 Å². The van der Waals surface area contributed by atoms with Crippen LogP contribution in [-0.4, -0.2) is 43.3 Å². The first kappa shape index (κ1) is 8.17. The summed E-state index contributed by atoms with van der Waals surface area (Å²) in [7, 11) is 1.28. The number of hydrogen-bond acceptors (Lipinski definition) is 1. The summed E-state index contributed by atoms with van der Waals surface area (Å²) >= 11 is -0.111. The van der Waals surface area contributed by atoms with Gasteiger partial charge < -0.3 is 0 Å². The molecule has 0 aromatic carbocycles. The molecule has 1 aliphatic heterocycles. The van der Waals surface area contributed by atoms with Gasteiger partial charge in [0, 0.05) is 0 Å². The van der Waals surface area contributed by atoms with Gasteiger partial charge in [-0.2, -0.15) is 0 Å². The molecule has 1 nitrogen and oxygen atoms in total. The van der Waals surface area contributed by atoms with E-state index in [0.717, 1.165) is 6.61 Å². The van der Waals surface area contributed by atoms with E-state index in [0.29, 0.717) is 2.88 Å². The Morgan fingerprint density at radius 3 is 2.67 bits per heavy atom. The van der Waals surface area contributed by atoms with E-state index < -0.39 is 0 Å². The Morgan fingerprint density at radius 2 is 2.33 bits per heavy atom. The summed E-state index contributed by atoms with van der Waals surface area (Å²) in [6.45, 7) is 1.05. The fraction of sp³-hybridized carbons (Fsp3) is 1.00. The third-order valence-electron chi connectivity index (χ3n) is 1.86. The predicted molar refractivity (Wildman–Crippen MR) is 44.1 cm³/mol. The van der Waals surface area contributed by atoms with Crippen LogP contribution in [0.15, 0.2) is 0 Å². The summed E-state index contributed by atoms with van der Waals surface area (Å²) in [4.78, 5) is 0. The fourth-order valence-corrected chi connectivity index (χ4v) is 3.76. The molecule has 0 aromatic rings. The van der Waals surface area contributed by atoms with Crippen molar-refractivity contribution in [2.45, 2.75) is 26.7 Å². The van der Waals surface area contributed by atoms with Crippen molar-refractivity contribution in [1.82, 2.24) is 0 Å². The van der Waals surface area contributed by atoms with E-state index in [9.17, 15) is 0 Å². The summed E-state index contributed by atoms with van der Waals surface area (Å²) in [6.07, 6.45) is 4.13. The van der Waals surface area contributed by atoms with Crippen molar-refractivity contribution in [2.24, 2.45) is 0 Å². The van der Waals surface area contributed by atoms with Crippen LogP contribution in [0.25, 0.3) is 0 Å². The molecule has 0 spiro atoms. The van der Waals surface area contributed by atoms with Crippen LogP contribution in [0.4, 0.5) is 0 Å². The molecule has 0 amide bonds. The molecule has 1 rings (SSSR count). The molecule has 54 valence electrons. The van der Waals surface area contributed by atoms with Crippen LogP contribution in [0.5, 0.6) is 0 Å². The Bertz CT molecular complexity index is 91.1. The predicted octanol–water partition coefficient (Wildman–Crippen LogP) is -0.0416. The van der Waals surface area contributed by atoms with Gasteiger partial charge in [0.15, 0.2) is 0 Å². The molecular formula is C6H14OPoSi. The Balaban J connectivity index is 2.37. The molecule has 1 atom stereocenters. The molecule has 0 saturated carbocycles. The van der Waals surface area contributed by atoms with E-state index in [1.54, 1.807) is 0 Å². The summed E-state index contributed by atoms with van der Waals surface area (Å²) in [6, 6.07) is 0. The SMILES string of the molecule is [CH3][Po][C]1([SiH3])CCCCO1. The molecule has 0 bridgehead atoms. The Morgan fingerprint density at radius 1 is 1.56 bits per heavy atom. The molecule has 1 heterocycles. The Kier molecular flexibility index (Phi) is 3.14. The number of rotatable bonds is 1. The van der Waals surface area contributed by atoms with Gasteiger partial charge in [0.1, 0.15) is 0 Å². The van der Waals surface area contributed by atoms with Crippen molar-refractivity contribution in [3.63, 3.8) is 0 Å². The van der Waals surface area contributed by atoms with Gasteiger partial charge in [0.2, 0.25) is 0 Å². The van der Waals surface area contributed by atoms with Gasteiger partial charge in [-0.05, 0) is 0 Å². The standard InChI is InChI=1S/C5H11OSi.CH3.Po/c7-5-3-1-2-4-6-5;;/h1-4H2,7H3;1H3;. The van der Waals surface area contributed by atoms with Gasteiger partial charge in [-0.1, -0.05) is 0 Å². The molecule has 1 fully saturated rings. The van der Waals surface area contributed by atoms with Gasteiger partial charge in [0.05, 0.1) is 0 Å². The Hall–Kier alpha value is 1.07. The third-order valence-corrected chi connectivity index (χ3v) is 10.8. The van der Waals surface area contributed by atoms with Crippen molar-refractivity contribution < 1.29 is 4.74 Å². The molecule has 1 saturated heterocycles. The van der Waals surface area contributed by atoms with E-state index in [-0.39, 0.29) is 23.6 Å². The van der Waals surface area contributed by atoms with E-state index in [1.807, 2.05) is 0 Å². The minimum atomic E-state index is -0.111. The summed E-state index contributed by atoms with van der Waals surface area (Å²) < 4.78 is 8.68. The maximum absolute atomic E-state index is 5.75. The quantitative estimate of drug-likeness (QED) is 0.609. The first-order valence-electron chi connectivity index (χ1n) is 3.46. The maximum atomic E-state index is 5.75. The van der Waals surface area contributed by atoms with Crippen LogP contribution in [0.1, 0.15) is 19.3 Å². The van der Waals surface area contributed by atoms with Crippen molar-refractivity contribution in [3.8, 4) is 0 Å². The Labute approximate surface area is 71.8 Å². The second kappa shape index (κ2) is 3.46. The van der Waals surface area contributed by atoms with Crippen LogP contribution in [0.2, 0.25) is 4.58 Å². The van der Waals surface area contributed by atoms with Crippen LogP contribution in [0.3, 0.4) is 0 Å². The van der Waals surface area contributed by atoms with Gasteiger partial charge in [-0.25, -0.2) is 0 Å². The molecule has 0 radical (unpaired) electrons. The molecule has 0 N–H and O–H groups in total. The van der Waals surface area contributed by atoms with E-state index >= 15 is 0 Å². The summed E-state index contributed by atoms with van der Waals surface area (Å²) in [5.41, 5.74) is 0. The average molecular weight is 339 g/mol. The molecule has 3 heteroatoms. The molecule has 1 unspecified atom stereocenters. The van der Waals surface area contributed by atoms with Crippen molar-refractivity contribution in [3.05, 3.63) is 0 Å². The zero-order valence-corrected chi connectivity index (χ0v) is 11.3. The first-order valence-corrected chi connectivity index (χ1v) is 9.22. The minimum absolute atomic E-state index is 0.111. The van der Waals surface area contributed by atoms with Crippen LogP contribution < -0.4 is 0 Å². The molecule has 9 heavy (non-hydrogen) atoms. The topological polar surface area (TPSA) is 9.23 Å². The molecule has 1 aliphatic rings. The first-order chi connectivity index (χ1) is 4.27. The molecular weight excluding hydrogens is 325 g/mol. The van der Waals surface area contributed by atoms with Gasteiger partial charge in [0.25, 0.3) is 0 Å².